The van der Waals surface area contributed by atoms with Gasteiger partial charge in [0, 0.05) is 93.3 Å². The number of carbonyl (C=O) groups is 11. The minimum Gasteiger partial charge on any atom is -0.481 e. The fraction of sp³-hybridized carbons (Fsp3) is 0.524. The van der Waals surface area contributed by atoms with Crippen molar-refractivity contribution < 1.29 is 101 Å². The van der Waals surface area contributed by atoms with Crippen molar-refractivity contribution in [3.63, 3.8) is 0 Å². The molecular formula is C63H89N10O20S2+. The zero-order valence-corrected chi connectivity index (χ0v) is 55.4. The average molecular weight is 1370 g/mol. The van der Waals surface area contributed by atoms with E-state index in [1.165, 1.54) is 19.1 Å². The number of aliphatic carboxylic acids is 3. The molecule has 0 aromatic heterocycles. The highest BCUT2D eigenvalue weighted by atomic mass is 32.2. The van der Waals surface area contributed by atoms with Crippen LogP contribution in [0.3, 0.4) is 0 Å². The number of hydrogen-bond acceptors (Lipinski definition) is 18. The number of urea groups is 1. The van der Waals surface area contributed by atoms with E-state index in [1.807, 2.05) is 50.3 Å². The van der Waals surface area contributed by atoms with Crippen LogP contribution in [-0.2, 0) is 68.9 Å². The molecule has 5 atom stereocenters. The lowest BCUT2D eigenvalue weighted by Crippen LogP contribution is -2.59. The summed E-state index contributed by atoms with van der Waals surface area (Å²) in [5, 5.41) is 75.5. The average Bonchev–Trinajstić information content (AvgIpc) is 1.60. The summed E-state index contributed by atoms with van der Waals surface area (Å²) in [6.45, 7) is 8.11. The number of rotatable bonds is 41. The lowest BCUT2D eigenvalue weighted by molar-refractivity contribution is -0.438. The Balaban J connectivity index is 1.31. The molecule has 30 nitrogen and oxygen atoms in total. The summed E-state index contributed by atoms with van der Waals surface area (Å²) in [6.07, 6.45) is 12.8. The van der Waals surface area contributed by atoms with E-state index in [0.717, 1.165) is 41.2 Å². The first-order valence-corrected chi connectivity index (χ1v) is 33.4. The number of benzene rings is 2. The summed E-state index contributed by atoms with van der Waals surface area (Å²) in [5.74, 6) is -8.77. The Kier molecular flexibility index (Phi) is 31.6. The number of allylic oxidation sites excluding steroid dienone is 6. The number of fused-ring (bicyclic) bond motifs is 2. The van der Waals surface area contributed by atoms with Crippen molar-refractivity contribution in [2.75, 3.05) is 63.2 Å². The minimum absolute atomic E-state index is 0.00221. The van der Waals surface area contributed by atoms with Gasteiger partial charge in [-0.2, -0.15) is 13.0 Å². The second-order valence-electron chi connectivity index (χ2n) is 23.6. The molecular weight excluding hydrogens is 1280 g/mol. The van der Waals surface area contributed by atoms with Crippen LogP contribution in [0.5, 0.6) is 0 Å². The summed E-state index contributed by atoms with van der Waals surface area (Å²) in [4.78, 5) is 135. The highest BCUT2D eigenvalue weighted by Crippen LogP contribution is 2.48. The molecule has 2 aliphatic rings. The first-order valence-electron chi connectivity index (χ1n) is 31.0. The van der Waals surface area contributed by atoms with E-state index in [4.69, 9.17) is 5.11 Å². The fourth-order valence-corrected chi connectivity index (χ4v) is 11.5. The number of amides is 8. The number of anilines is 1. The maximum Gasteiger partial charge on any atom is 0.326 e. The van der Waals surface area contributed by atoms with Gasteiger partial charge in [-0.15, -0.1) is 0 Å². The quantitative estimate of drug-likeness (QED) is 0.0192. The van der Waals surface area contributed by atoms with Crippen molar-refractivity contribution in [2.24, 2.45) is 0 Å². The van der Waals surface area contributed by atoms with Crippen LogP contribution in [0.1, 0.15) is 123 Å². The second-order valence-corrected chi connectivity index (χ2v) is 26.1. The molecule has 2 aromatic carbocycles. The summed E-state index contributed by atoms with van der Waals surface area (Å²) >= 11 is 0.665. The van der Waals surface area contributed by atoms with E-state index in [0.29, 0.717) is 62.5 Å². The van der Waals surface area contributed by atoms with E-state index in [-0.39, 0.29) is 66.0 Å². The molecule has 0 saturated heterocycles. The number of carboxylic acid groups (broad SMARTS) is 3. The Morgan fingerprint density at radius 3 is 1.78 bits per heavy atom. The molecule has 0 fully saturated rings. The van der Waals surface area contributed by atoms with Gasteiger partial charge >= 0.3 is 23.9 Å². The molecule has 32 heteroatoms. The van der Waals surface area contributed by atoms with Gasteiger partial charge in [-0.1, -0.05) is 62.0 Å². The number of thioether (sulfide) groups is 1. The van der Waals surface area contributed by atoms with E-state index in [9.17, 15) is 91.2 Å². The number of unbranched alkanes of at least 4 members (excludes halogenated alkanes) is 4. The highest BCUT2D eigenvalue weighted by Gasteiger charge is 2.44. The molecule has 0 spiro atoms. The van der Waals surface area contributed by atoms with Crippen molar-refractivity contribution in [1.29, 1.82) is 0 Å². The minimum atomic E-state index is -4.54. The standard InChI is InChI=1S/C63H88N10O20S2/c1-39(77)94-38-54(80)67-46(36-75)57(84)69-47(37-76)58(85)68-45(35-74)56(83)66-31-28-53(79)65-30-15-17-33-73-49-26-24-40(95(91,92)93)34-42(49)63(4,5)51(73)22-9-6-8-21-50-62(2,3)41-18-11-12-20-48(41)72(50)32-16-7-10-23-52(78)64-29-14-13-19-43(59(86)87)70-61(90)71-44(60(88)89)25-27-55(81)82/h6,8-9,11-12,18,20-22,24,26,34,43-47,74-76H,7,10,13-17,19,23,25,27-33,35-38H2,1-5H3,(H11-,64,65,66,67,68,69,70,71,78,79,80,81,82,83,84,85,86,87,88,89,90,91,92,93)/p+1/t43-,44-,45+,46+,47+/m0/s1. The summed E-state index contributed by atoms with van der Waals surface area (Å²) < 4.78 is 36.9. The maximum atomic E-state index is 12.9. The van der Waals surface area contributed by atoms with Crippen molar-refractivity contribution in [3.8, 4) is 0 Å². The lowest BCUT2D eigenvalue weighted by atomic mass is 9.81. The number of nitrogens with one attached hydrogen (secondary N) is 8. The number of aliphatic hydroxyl groups excluding tert-OH is 3. The van der Waals surface area contributed by atoms with E-state index in [2.05, 4.69) is 84.1 Å². The van der Waals surface area contributed by atoms with Gasteiger partial charge < -0.3 is 78.1 Å². The number of para-hydroxylation sites is 1. The number of nitrogens with zero attached hydrogens (tertiary/aromatic N) is 2. The predicted octanol–water partition coefficient (Wildman–Crippen LogP) is 1.13. The molecule has 0 unspecified atom stereocenters. The lowest BCUT2D eigenvalue weighted by Gasteiger charge is -2.27. The number of aliphatic hydroxyl groups is 3. The molecule has 15 N–H and O–H groups in total. The highest BCUT2D eigenvalue weighted by molar-refractivity contribution is 8.14. The van der Waals surface area contributed by atoms with Crippen LogP contribution in [0.15, 0.2) is 83.4 Å². The van der Waals surface area contributed by atoms with Crippen molar-refractivity contribution in [3.05, 3.63) is 89.7 Å². The van der Waals surface area contributed by atoms with Gasteiger partial charge in [-0.25, -0.2) is 14.4 Å². The van der Waals surface area contributed by atoms with Gasteiger partial charge in [0.25, 0.3) is 10.1 Å². The molecule has 4 rings (SSSR count). The number of carboxylic acids is 3. The fourth-order valence-electron chi connectivity index (χ4n) is 10.6. The third-order valence-corrected chi connectivity index (χ3v) is 17.4. The van der Waals surface area contributed by atoms with Gasteiger partial charge in [0.15, 0.2) is 10.8 Å². The molecule has 8 amide bonds. The van der Waals surface area contributed by atoms with Crippen molar-refractivity contribution >= 4 is 103 Å². The Morgan fingerprint density at radius 1 is 0.589 bits per heavy atom. The summed E-state index contributed by atoms with van der Waals surface area (Å²) in [6, 6.07) is 3.89. The summed E-state index contributed by atoms with van der Waals surface area (Å²) in [5.41, 5.74) is 4.41. The van der Waals surface area contributed by atoms with Crippen LogP contribution in [-0.4, -0.2) is 207 Å². The zero-order chi connectivity index (χ0) is 70.6. The van der Waals surface area contributed by atoms with Gasteiger partial charge in [0.05, 0.1) is 35.9 Å². The Labute approximate surface area is 555 Å². The predicted molar refractivity (Wildman–Crippen MR) is 349 cm³/mol. The SMILES string of the molecule is CC(=O)SCC(=O)N[C@H](CO)C(=O)N[C@H](CO)C(=O)N[C@H](CO)C(=O)NCCC(=O)NCCCCN1/C(=C/C=C/C=C/C2=[N+](CCCCCC(=O)NCCCC[C@H](NC(=O)N[C@@H](CCC(=O)O)C(=O)O)C(=O)O)c3ccccc3C2(C)C)C(C)(C)c2cc(S(=O)(=O)O)ccc21. The molecule has 522 valence electrons. The second kappa shape index (κ2) is 38.1. The van der Waals surface area contributed by atoms with Crippen LogP contribution in [0.25, 0.3) is 0 Å². The van der Waals surface area contributed by atoms with Gasteiger partial charge in [0.2, 0.25) is 41.1 Å². The van der Waals surface area contributed by atoms with Crippen molar-refractivity contribution in [1.82, 2.24) is 42.5 Å². The molecule has 2 heterocycles. The number of hydrogen-bond donors (Lipinski definition) is 15. The van der Waals surface area contributed by atoms with Crippen LogP contribution < -0.4 is 47.4 Å². The molecule has 2 aliphatic heterocycles. The van der Waals surface area contributed by atoms with Gasteiger partial charge in [0.1, 0.15) is 36.8 Å². The van der Waals surface area contributed by atoms with E-state index in [1.54, 1.807) is 6.07 Å². The number of carbonyl (C=O) groups excluding carboxylic acids is 8. The monoisotopic (exact) mass is 1370 g/mol. The molecule has 0 bridgehead atoms. The first-order chi connectivity index (χ1) is 44.9. The molecule has 2 aromatic rings. The van der Waals surface area contributed by atoms with Crippen LogP contribution >= 0.6 is 11.8 Å². The third kappa shape index (κ3) is 24.6. The molecule has 0 radical (unpaired) electrons. The largest absolute Gasteiger partial charge is 0.481 e. The molecule has 95 heavy (non-hydrogen) atoms. The van der Waals surface area contributed by atoms with Crippen LogP contribution in [0, 0.1) is 0 Å². The van der Waals surface area contributed by atoms with Crippen LogP contribution in [0.2, 0.25) is 0 Å². The van der Waals surface area contributed by atoms with E-state index < -0.39 is 132 Å². The Morgan fingerprint density at radius 2 is 1.18 bits per heavy atom. The van der Waals surface area contributed by atoms with Gasteiger partial charge in [-0.05, 0) is 95.1 Å². The zero-order valence-electron chi connectivity index (χ0n) is 53.8. The maximum absolute atomic E-state index is 12.9. The van der Waals surface area contributed by atoms with E-state index >= 15 is 0 Å². The Bertz CT molecular complexity index is 3350. The smallest absolute Gasteiger partial charge is 0.326 e. The topological polar surface area (TPSA) is 466 Å². The molecule has 0 aliphatic carbocycles. The Hall–Kier alpha value is -8.56. The summed E-state index contributed by atoms with van der Waals surface area (Å²) in [7, 11) is -4.54. The normalized spacial score (nSPS) is 15.8. The van der Waals surface area contributed by atoms with Gasteiger partial charge in [-0.3, -0.25) is 42.9 Å². The molecule has 0 saturated carbocycles. The first kappa shape index (κ1) is 78.9. The van der Waals surface area contributed by atoms with Crippen LogP contribution in [0.4, 0.5) is 16.2 Å². The van der Waals surface area contributed by atoms with Crippen molar-refractivity contribution in [2.45, 2.75) is 158 Å². The third-order valence-electron chi connectivity index (χ3n) is 15.7.